The minimum absolute atomic E-state index is 0.0774. The molecule has 0 bridgehead atoms. The molecule has 0 aliphatic heterocycles. The Labute approximate surface area is 114 Å². The van der Waals surface area contributed by atoms with Crippen molar-refractivity contribution in [3.05, 3.63) is 18.2 Å². The largest absolute Gasteiger partial charge is 0.397 e. The van der Waals surface area contributed by atoms with E-state index in [0.717, 1.165) is 0 Å². The first-order valence-corrected chi connectivity index (χ1v) is 7.48. The van der Waals surface area contributed by atoms with Gasteiger partial charge in [0.05, 0.1) is 28.4 Å². The lowest BCUT2D eigenvalue weighted by atomic mass is 9.99. The van der Waals surface area contributed by atoms with Crippen LogP contribution in [0.15, 0.2) is 23.1 Å². The number of hydrogen-bond acceptors (Lipinski definition) is 5. The lowest BCUT2D eigenvalue weighted by Gasteiger charge is -2.29. The number of benzene rings is 1. The highest BCUT2D eigenvalue weighted by molar-refractivity contribution is 7.89. The Morgan fingerprint density at radius 1 is 1.42 bits per heavy atom. The molecule has 1 rings (SSSR count). The molecule has 7 heteroatoms. The molecule has 0 saturated heterocycles. The fourth-order valence-electron chi connectivity index (χ4n) is 1.49. The molecule has 1 aromatic rings. The normalized spacial score (nSPS) is 14.9. The zero-order chi connectivity index (χ0) is 14.7. The summed E-state index contributed by atoms with van der Waals surface area (Å²) >= 11 is 0. The summed E-state index contributed by atoms with van der Waals surface area (Å²) in [6, 6.07) is 4.43. The Morgan fingerprint density at radius 3 is 2.53 bits per heavy atom. The van der Waals surface area contributed by atoms with Crippen LogP contribution in [-0.2, 0) is 10.0 Å². The second-order valence-corrected chi connectivity index (χ2v) is 6.54. The van der Waals surface area contributed by atoms with E-state index >= 15 is 0 Å². The van der Waals surface area contributed by atoms with Gasteiger partial charge in [0.15, 0.2) is 0 Å². The summed E-state index contributed by atoms with van der Waals surface area (Å²) in [5.74, 6) is 0. The lowest BCUT2D eigenvalue weighted by Crippen LogP contribution is -2.38. The number of nitrogens with one attached hydrogen (secondary N) is 2. The molecule has 1 atom stereocenters. The van der Waals surface area contributed by atoms with Crippen LogP contribution in [0.5, 0.6) is 0 Å². The second kappa shape index (κ2) is 5.77. The molecule has 0 radical (unpaired) electrons. The van der Waals surface area contributed by atoms with Crippen molar-refractivity contribution in [3.8, 4) is 0 Å². The summed E-state index contributed by atoms with van der Waals surface area (Å²) in [4.78, 5) is 0.128. The Hall–Kier alpha value is -1.31. The minimum atomic E-state index is -3.51. The van der Waals surface area contributed by atoms with Crippen molar-refractivity contribution in [2.24, 2.45) is 0 Å². The molecule has 0 saturated carbocycles. The molecule has 1 aromatic carbocycles. The van der Waals surface area contributed by atoms with Gasteiger partial charge >= 0.3 is 0 Å². The summed E-state index contributed by atoms with van der Waals surface area (Å²) in [7, 11) is -2.16. The molecule has 0 amide bonds. The van der Waals surface area contributed by atoms with Crippen molar-refractivity contribution < 1.29 is 13.5 Å². The Morgan fingerprint density at radius 2 is 2.05 bits per heavy atom. The van der Waals surface area contributed by atoms with Crippen molar-refractivity contribution in [3.63, 3.8) is 0 Å². The first-order valence-electron chi connectivity index (χ1n) is 6.00. The first-order chi connectivity index (χ1) is 8.78. The second-order valence-electron chi connectivity index (χ2n) is 4.65. The van der Waals surface area contributed by atoms with E-state index in [0.29, 0.717) is 17.8 Å². The average Bonchev–Trinajstić information content (AvgIpc) is 2.41. The minimum Gasteiger partial charge on any atom is -0.397 e. The number of hydrogen-bond donors (Lipinski definition) is 4. The predicted octanol–water partition coefficient (Wildman–Crippen LogP) is 0.750. The molecular weight excluding hydrogens is 266 g/mol. The maximum Gasteiger partial charge on any atom is 0.240 e. The number of anilines is 2. The fourth-order valence-corrected chi connectivity index (χ4v) is 2.25. The SMILES string of the molecule is CCC(C)(CO)Nc1cc(S(=O)(=O)NC)ccc1N. The lowest BCUT2D eigenvalue weighted by molar-refractivity contribution is 0.219. The van der Waals surface area contributed by atoms with Crippen LogP contribution in [0, 0.1) is 0 Å². The van der Waals surface area contributed by atoms with Crippen LogP contribution in [0.25, 0.3) is 0 Å². The van der Waals surface area contributed by atoms with Crippen LogP contribution in [0.4, 0.5) is 11.4 Å². The van der Waals surface area contributed by atoms with E-state index in [1.54, 1.807) is 0 Å². The van der Waals surface area contributed by atoms with Crippen LogP contribution in [-0.4, -0.2) is 32.7 Å². The van der Waals surface area contributed by atoms with Gasteiger partial charge in [0.25, 0.3) is 0 Å². The topological polar surface area (TPSA) is 104 Å². The summed E-state index contributed by atoms with van der Waals surface area (Å²) in [6.45, 7) is 3.69. The van der Waals surface area contributed by atoms with Gasteiger partial charge in [0.2, 0.25) is 10.0 Å². The number of nitrogens with two attached hydrogens (primary N) is 1. The Bertz CT molecular complexity index is 539. The molecular formula is C12H21N3O3S. The van der Waals surface area contributed by atoms with Crippen molar-refractivity contribution in [1.29, 1.82) is 0 Å². The predicted molar refractivity (Wildman–Crippen MR) is 76.5 cm³/mol. The first kappa shape index (κ1) is 15.7. The number of aliphatic hydroxyl groups is 1. The molecule has 0 aliphatic carbocycles. The van der Waals surface area contributed by atoms with Crippen molar-refractivity contribution in [2.45, 2.75) is 30.7 Å². The molecule has 108 valence electrons. The van der Waals surface area contributed by atoms with Gasteiger partial charge in [-0.05, 0) is 38.6 Å². The van der Waals surface area contributed by atoms with Gasteiger partial charge in [-0.1, -0.05) is 6.92 Å². The van der Waals surface area contributed by atoms with E-state index in [9.17, 15) is 13.5 Å². The van der Waals surface area contributed by atoms with Gasteiger partial charge in [0, 0.05) is 0 Å². The number of sulfonamides is 1. The standard InChI is InChI=1S/C12H21N3O3S/c1-4-12(2,8-16)15-11-7-9(5-6-10(11)13)19(17,18)14-3/h5-7,14-16H,4,8,13H2,1-3H3. The van der Waals surface area contributed by atoms with Crippen LogP contribution < -0.4 is 15.8 Å². The molecule has 0 spiro atoms. The summed E-state index contributed by atoms with van der Waals surface area (Å²) in [5, 5.41) is 12.5. The fraction of sp³-hybridized carbons (Fsp3) is 0.500. The zero-order valence-electron chi connectivity index (χ0n) is 11.4. The molecule has 6 nitrogen and oxygen atoms in total. The summed E-state index contributed by atoms with van der Waals surface area (Å²) in [6.07, 6.45) is 0.673. The van der Waals surface area contributed by atoms with Crippen molar-refractivity contribution >= 4 is 21.4 Å². The van der Waals surface area contributed by atoms with Gasteiger partial charge in [-0.15, -0.1) is 0 Å². The molecule has 0 aromatic heterocycles. The summed E-state index contributed by atoms with van der Waals surface area (Å²) < 4.78 is 25.7. The smallest absolute Gasteiger partial charge is 0.240 e. The van der Waals surface area contributed by atoms with E-state index in [1.807, 2.05) is 13.8 Å². The van der Waals surface area contributed by atoms with Crippen LogP contribution in [0.3, 0.4) is 0 Å². The van der Waals surface area contributed by atoms with Gasteiger partial charge < -0.3 is 16.2 Å². The number of nitrogen functional groups attached to an aromatic ring is 1. The Balaban J connectivity index is 3.19. The molecule has 5 N–H and O–H groups in total. The molecule has 1 unspecified atom stereocenters. The molecule has 0 heterocycles. The van der Waals surface area contributed by atoms with Gasteiger partial charge in [-0.25, -0.2) is 13.1 Å². The van der Waals surface area contributed by atoms with Gasteiger partial charge in [-0.3, -0.25) is 0 Å². The highest BCUT2D eigenvalue weighted by atomic mass is 32.2. The van der Waals surface area contributed by atoms with Crippen LogP contribution in [0.2, 0.25) is 0 Å². The van der Waals surface area contributed by atoms with E-state index in [1.165, 1.54) is 25.2 Å². The van der Waals surface area contributed by atoms with Crippen molar-refractivity contribution in [1.82, 2.24) is 4.72 Å². The van der Waals surface area contributed by atoms with Crippen LogP contribution >= 0.6 is 0 Å². The molecule has 19 heavy (non-hydrogen) atoms. The maximum absolute atomic E-state index is 11.7. The third kappa shape index (κ3) is 3.59. The highest BCUT2D eigenvalue weighted by Gasteiger charge is 2.22. The number of rotatable bonds is 6. The quantitative estimate of drug-likeness (QED) is 0.578. The third-order valence-corrected chi connectivity index (χ3v) is 4.58. The monoisotopic (exact) mass is 287 g/mol. The average molecular weight is 287 g/mol. The van der Waals surface area contributed by atoms with E-state index in [2.05, 4.69) is 10.0 Å². The Kier molecular flexibility index (Phi) is 4.78. The van der Waals surface area contributed by atoms with E-state index in [4.69, 9.17) is 5.73 Å². The van der Waals surface area contributed by atoms with Gasteiger partial charge in [-0.2, -0.15) is 0 Å². The van der Waals surface area contributed by atoms with E-state index < -0.39 is 15.6 Å². The third-order valence-electron chi connectivity index (χ3n) is 3.17. The van der Waals surface area contributed by atoms with Crippen LogP contribution in [0.1, 0.15) is 20.3 Å². The van der Waals surface area contributed by atoms with Gasteiger partial charge in [0.1, 0.15) is 0 Å². The highest BCUT2D eigenvalue weighted by Crippen LogP contribution is 2.26. The van der Waals surface area contributed by atoms with E-state index in [-0.39, 0.29) is 11.5 Å². The van der Waals surface area contributed by atoms with Crippen molar-refractivity contribution in [2.75, 3.05) is 24.7 Å². The zero-order valence-corrected chi connectivity index (χ0v) is 12.2. The maximum atomic E-state index is 11.7. The summed E-state index contributed by atoms with van der Waals surface area (Å²) in [5.41, 5.74) is 6.21. The number of aliphatic hydroxyl groups excluding tert-OH is 1. The molecule has 0 aliphatic rings. The molecule has 0 fully saturated rings.